The van der Waals surface area contributed by atoms with Gasteiger partial charge in [-0.3, -0.25) is 28.8 Å². The highest BCUT2D eigenvalue weighted by Crippen LogP contribution is 2.21. The quantitative estimate of drug-likeness (QED) is 0.172. The van der Waals surface area contributed by atoms with Crippen molar-refractivity contribution in [2.24, 2.45) is 11.8 Å². The molecular weight excluding hydrogens is 608 g/mol. The van der Waals surface area contributed by atoms with Crippen molar-refractivity contribution in [3.8, 4) is 0 Å². The molecular formula is C32H46N8O7. The van der Waals surface area contributed by atoms with Gasteiger partial charge in [-0.25, -0.2) is 0 Å². The molecule has 4 atom stereocenters. The fourth-order valence-corrected chi connectivity index (χ4v) is 6.19. The zero-order valence-corrected chi connectivity index (χ0v) is 27.1. The number of fused-ring (bicyclic) bond motifs is 1. The average Bonchev–Trinajstić information content (AvgIpc) is 3.45. The molecule has 1 aromatic carbocycles. The van der Waals surface area contributed by atoms with Crippen molar-refractivity contribution in [1.82, 2.24) is 41.8 Å². The van der Waals surface area contributed by atoms with Crippen molar-refractivity contribution >= 4 is 46.4 Å². The number of likely N-dealkylation sites (N-methyl/N-ethyl adjacent to an activating group) is 1. The van der Waals surface area contributed by atoms with Gasteiger partial charge in [-0.2, -0.15) is 0 Å². The van der Waals surface area contributed by atoms with Crippen LogP contribution in [0.15, 0.2) is 30.5 Å². The number of carbonyl (C=O) groups excluding carboxylic acids is 5. The van der Waals surface area contributed by atoms with Crippen molar-refractivity contribution in [3.63, 3.8) is 0 Å². The number of aromatic nitrogens is 1. The monoisotopic (exact) mass is 654 g/mol. The number of nitrogens with zero attached hydrogens (tertiary/aromatic N) is 1. The van der Waals surface area contributed by atoms with E-state index in [1.807, 2.05) is 24.3 Å². The van der Waals surface area contributed by atoms with Gasteiger partial charge in [0.05, 0.1) is 12.5 Å². The Hall–Kier alpha value is -4.50. The Morgan fingerprint density at radius 2 is 1.64 bits per heavy atom. The van der Waals surface area contributed by atoms with Crippen molar-refractivity contribution in [3.05, 3.63) is 36.0 Å². The molecule has 0 aliphatic carbocycles. The topological polar surface area (TPSA) is 214 Å². The molecule has 0 bridgehead atoms. The van der Waals surface area contributed by atoms with Gasteiger partial charge in [0.15, 0.2) is 0 Å². The van der Waals surface area contributed by atoms with Crippen LogP contribution < -0.4 is 31.9 Å². The van der Waals surface area contributed by atoms with E-state index >= 15 is 0 Å². The van der Waals surface area contributed by atoms with Crippen LogP contribution in [0.3, 0.4) is 0 Å². The van der Waals surface area contributed by atoms with Crippen LogP contribution in [0.4, 0.5) is 0 Å². The van der Waals surface area contributed by atoms with E-state index in [0.29, 0.717) is 25.9 Å². The Labute approximate surface area is 273 Å². The normalized spacial score (nSPS) is 24.2. The number of aromatic amines is 1. The van der Waals surface area contributed by atoms with Gasteiger partial charge in [-0.1, -0.05) is 32.0 Å². The molecule has 2 aliphatic rings. The van der Waals surface area contributed by atoms with Crippen LogP contribution in [-0.4, -0.2) is 114 Å². The van der Waals surface area contributed by atoms with Crippen LogP contribution in [-0.2, 0) is 35.2 Å². The molecule has 5 amide bonds. The minimum atomic E-state index is -1.23. The third kappa shape index (κ3) is 9.29. The number of nitrogens with one attached hydrogen (secondary N) is 7. The van der Waals surface area contributed by atoms with E-state index in [1.165, 1.54) is 11.9 Å². The number of hydrogen-bond acceptors (Lipinski definition) is 8. The first kappa shape index (κ1) is 35.4. The summed E-state index contributed by atoms with van der Waals surface area (Å²) in [6.07, 6.45) is 2.57. The summed E-state index contributed by atoms with van der Waals surface area (Å²) in [6, 6.07) is 2.94. The standard InChI is InChI=1S/C32H46N8O7/c1-18(2)27-31(46)39-25(17-37-28(43)19-8-10-33-11-9-19)29(44)35-13-12-34-23(15-26(41)42)30(45)38-24(32(47)40(27)3)14-20-16-36-22-7-5-4-6-21(20)22/h4-7,16,18-19,23-25,27,33-34,36H,8-15,17H2,1-3H3,(H,35,44)(H,37,43)(H,38,45)(H,39,46)(H,41,42)/t23?,24?,25-,27?/m0/s1. The maximum absolute atomic E-state index is 14.2. The summed E-state index contributed by atoms with van der Waals surface area (Å²) in [6.45, 7) is 4.80. The molecule has 0 spiro atoms. The predicted molar refractivity (Wildman–Crippen MR) is 173 cm³/mol. The van der Waals surface area contributed by atoms with Gasteiger partial charge < -0.3 is 46.9 Å². The molecule has 0 saturated carbocycles. The van der Waals surface area contributed by atoms with Crippen molar-refractivity contribution in [2.75, 3.05) is 39.8 Å². The zero-order valence-electron chi connectivity index (χ0n) is 27.1. The zero-order chi connectivity index (χ0) is 34.1. The highest BCUT2D eigenvalue weighted by Gasteiger charge is 2.37. The first-order chi connectivity index (χ1) is 22.5. The molecule has 1 aromatic heterocycles. The second kappa shape index (κ2) is 16.4. The largest absolute Gasteiger partial charge is 0.481 e. The lowest BCUT2D eigenvalue weighted by molar-refractivity contribution is -0.144. The molecule has 2 aromatic rings. The molecule has 47 heavy (non-hydrogen) atoms. The Morgan fingerprint density at radius 3 is 2.34 bits per heavy atom. The Morgan fingerprint density at radius 1 is 0.936 bits per heavy atom. The Bertz CT molecular complexity index is 1450. The second-order valence-corrected chi connectivity index (χ2v) is 12.5. The average molecular weight is 655 g/mol. The highest BCUT2D eigenvalue weighted by atomic mass is 16.4. The van der Waals surface area contributed by atoms with Crippen LogP contribution in [0.25, 0.3) is 10.9 Å². The number of rotatable bonds is 8. The number of carbonyl (C=O) groups is 6. The van der Waals surface area contributed by atoms with Crippen LogP contribution in [0, 0.1) is 11.8 Å². The molecule has 4 rings (SSSR count). The fourth-order valence-electron chi connectivity index (χ4n) is 6.19. The SMILES string of the molecule is CC(C)C1C(=O)N[C@@H](CNC(=O)C2CCNCC2)C(=O)NCCNC(CC(=O)O)C(=O)NC(Cc2c[nH]c3ccccc23)C(=O)N1C. The van der Waals surface area contributed by atoms with E-state index in [9.17, 15) is 33.9 Å². The minimum absolute atomic E-state index is 0.00204. The first-order valence-corrected chi connectivity index (χ1v) is 16.1. The number of H-pyrrole nitrogens is 1. The number of aliphatic carboxylic acids is 1. The molecule has 15 heteroatoms. The highest BCUT2D eigenvalue weighted by molar-refractivity contribution is 5.96. The number of para-hydroxylation sites is 1. The summed E-state index contributed by atoms with van der Waals surface area (Å²) in [5.41, 5.74) is 1.59. The summed E-state index contributed by atoms with van der Waals surface area (Å²) < 4.78 is 0. The number of benzene rings is 1. The van der Waals surface area contributed by atoms with Crippen molar-refractivity contribution in [2.45, 2.75) is 63.7 Å². The molecule has 3 unspecified atom stereocenters. The molecule has 2 saturated heterocycles. The number of piperidine rings is 1. The number of hydrogen-bond donors (Lipinski definition) is 8. The molecule has 3 heterocycles. The van der Waals surface area contributed by atoms with Crippen LogP contribution >= 0.6 is 0 Å². The third-order valence-electron chi connectivity index (χ3n) is 8.71. The number of amides is 5. The molecule has 2 fully saturated rings. The summed E-state index contributed by atoms with van der Waals surface area (Å²) in [4.78, 5) is 83.7. The van der Waals surface area contributed by atoms with Crippen LogP contribution in [0.1, 0.15) is 38.7 Å². The first-order valence-electron chi connectivity index (χ1n) is 16.1. The summed E-state index contributed by atoms with van der Waals surface area (Å²) in [7, 11) is 1.46. The molecule has 8 N–H and O–H groups in total. The van der Waals surface area contributed by atoms with Gasteiger partial charge in [0, 0.05) is 56.1 Å². The summed E-state index contributed by atoms with van der Waals surface area (Å²) in [5, 5.41) is 27.4. The van der Waals surface area contributed by atoms with Gasteiger partial charge >= 0.3 is 5.97 Å². The summed E-state index contributed by atoms with van der Waals surface area (Å²) in [5.74, 6) is -4.49. The van der Waals surface area contributed by atoms with Crippen LogP contribution in [0.5, 0.6) is 0 Å². The second-order valence-electron chi connectivity index (χ2n) is 12.5. The van der Waals surface area contributed by atoms with Crippen LogP contribution in [0.2, 0.25) is 0 Å². The maximum atomic E-state index is 14.2. The predicted octanol–water partition coefficient (Wildman–Crippen LogP) is -1.16. The molecule has 0 radical (unpaired) electrons. The van der Waals surface area contributed by atoms with E-state index in [-0.39, 0.29) is 37.9 Å². The van der Waals surface area contributed by atoms with E-state index < -0.39 is 66.1 Å². The lowest BCUT2D eigenvalue weighted by Crippen LogP contribution is -2.61. The van der Waals surface area contributed by atoms with E-state index in [4.69, 9.17) is 0 Å². The Kier molecular flexibility index (Phi) is 12.3. The third-order valence-corrected chi connectivity index (χ3v) is 8.71. The lowest BCUT2D eigenvalue weighted by atomic mass is 9.97. The summed E-state index contributed by atoms with van der Waals surface area (Å²) >= 11 is 0. The maximum Gasteiger partial charge on any atom is 0.305 e. The lowest BCUT2D eigenvalue weighted by Gasteiger charge is -2.34. The Balaban J connectivity index is 1.63. The van der Waals surface area contributed by atoms with Gasteiger partial charge in [0.25, 0.3) is 0 Å². The van der Waals surface area contributed by atoms with Crippen molar-refractivity contribution < 1.29 is 33.9 Å². The molecule has 256 valence electrons. The van der Waals surface area contributed by atoms with Crippen molar-refractivity contribution in [1.29, 1.82) is 0 Å². The minimum Gasteiger partial charge on any atom is -0.481 e. The fraction of sp³-hybridized carbons (Fsp3) is 0.562. The van der Waals surface area contributed by atoms with E-state index in [0.717, 1.165) is 16.5 Å². The van der Waals surface area contributed by atoms with E-state index in [1.54, 1.807) is 20.0 Å². The van der Waals surface area contributed by atoms with E-state index in [2.05, 4.69) is 36.9 Å². The molecule has 15 nitrogen and oxygen atoms in total. The van der Waals surface area contributed by atoms with Gasteiger partial charge in [-0.15, -0.1) is 0 Å². The van der Waals surface area contributed by atoms with Gasteiger partial charge in [0.2, 0.25) is 29.5 Å². The molecule has 2 aliphatic heterocycles. The van der Waals surface area contributed by atoms with Gasteiger partial charge in [-0.05, 0) is 43.5 Å². The number of carboxylic acid groups (broad SMARTS) is 1. The number of carboxylic acids is 1. The smallest absolute Gasteiger partial charge is 0.305 e. The van der Waals surface area contributed by atoms with Gasteiger partial charge in [0.1, 0.15) is 18.1 Å².